The lowest BCUT2D eigenvalue weighted by Gasteiger charge is -2.12. The first-order valence-corrected chi connectivity index (χ1v) is 6.32. The Bertz CT molecular complexity index is 514. The van der Waals surface area contributed by atoms with Crippen molar-refractivity contribution in [1.82, 2.24) is 4.98 Å². The molecule has 2 aromatic heterocycles. The van der Waals surface area contributed by atoms with Crippen molar-refractivity contribution >= 4 is 33.2 Å². The highest BCUT2D eigenvalue weighted by Gasteiger charge is 2.15. The summed E-state index contributed by atoms with van der Waals surface area (Å²) >= 11 is 8.11. The molecule has 15 heavy (non-hydrogen) atoms. The van der Waals surface area contributed by atoms with Crippen LogP contribution in [0.1, 0.15) is 36.6 Å². The van der Waals surface area contributed by atoms with Gasteiger partial charge in [0.1, 0.15) is 0 Å². The number of nitrogens with zero attached hydrogens (tertiary/aromatic N) is 1. The Kier molecular flexibility index (Phi) is 2.73. The van der Waals surface area contributed by atoms with E-state index in [1.807, 2.05) is 6.92 Å². The molecule has 0 bridgehead atoms. The van der Waals surface area contributed by atoms with E-state index < -0.39 is 0 Å². The van der Waals surface area contributed by atoms with Crippen LogP contribution in [0.3, 0.4) is 0 Å². The maximum atomic E-state index is 6.43. The topological polar surface area (TPSA) is 12.9 Å². The highest BCUT2D eigenvalue weighted by atomic mass is 35.5. The number of hydrogen-bond acceptors (Lipinski definition) is 2. The van der Waals surface area contributed by atoms with E-state index in [0.29, 0.717) is 5.92 Å². The standard InChI is InChI=1S/C12H14ClNS/c1-6(2)9-8(4)14-11-7(3)5-15-12(11)10(9)13/h5-6H,1-4H3. The molecule has 0 aliphatic carbocycles. The van der Waals surface area contributed by atoms with Crippen molar-refractivity contribution in [3.8, 4) is 0 Å². The summed E-state index contributed by atoms with van der Waals surface area (Å²) in [6, 6.07) is 0. The molecule has 0 saturated heterocycles. The Morgan fingerprint density at radius 2 is 2.00 bits per heavy atom. The number of fused-ring (bicyclic) bond motifs is 1. The van der Waals surface area contributed by atoms with Crippen molar-refractivity contribution in [3.63, 3.8) is 0 Å². The average molecular weight is 240 g/mol. The third-order valence-corrected chi connectivity index (χ3v) is 4.23. The van der Waals surface area contributed by atoms with Gasteiger partial charge in [0.25, 0.3) is 0 Å². The Morgan fingerprint density at radius 1 is 1.33 bits per heavy atom. The molecule has 0 saturated carbocycles. The molecule has 0 aliphatic heterocycles. The van der Waals surface area contributed by atoms with Gasteiger partial charge in [-0.25, -0.2) is 0 Å². The summed E-state index contributed by atoms with van der Waals surface area (Å²) in [5.74, 6) is 0.428. The van der Waals surface area contributed by atoms with E-state index in [4.69, 9.17) is 11.6 Å². The molecule has 0 radical (unpaired) electrons. The second-order valence-corrected chi connectivity index (χ2v) is 5.43. The third-order valence-electron chi connectivity index (χ3n) is 2.62. The molecule has 0 aromatic carbocycles. The minimum Gasteiger partial charge on any atom is -0.252 e. The Hall–Kier alpha value is -0.600. The summed E-state index contributed by atoms with van der Waals surface area (Å²) in [5, 5.41) is 3.01. The Balaban J connectivity index is 2.85. The van der Waals surface area contributed by atoms with Crippen LogP contribution in [0.5, 0.6) is 0 Å². The van der Waals surface area contributed by atoms with Crippen LogP contribution in [-0.4, -0.2) is 4.98 Å². The predicted molar refractivity (Wildman–Crippen MR) is 68.2 cm³/mol. The molecule has 0 aliphatic rings. The number of aromatic nitrogens is 1. The minimum absolute atomic E-state index is 0.428. The summed E-state index contributed by atoms with van der Waals surface area (Å²) in [5.41, 5.74) is 4.53. The molecule has 0 unspecified atom stereocenters. The maximum Gasteiger partial charge on any atom is 0.0857 e. The molecule has 0 amide bonds. The van der Waals surface area contributed by atoms with Gasteiger partial charge < -0.3 is 0 Å². The fourth-order valence-electron chi connectivity index (χ4n) is 1.91. The lowest BCUT2D eigenvalue weighted by molar-refractivity contribution is 0.848. The van der Waals surface area contributed by atoms with Gasteiger partial charge in [-0.1, -0.05) is 25.4 Å². The fraction of sp³-hybridized carbons (Fsp3) is 0.417. The molecule has 0 fully saturated rings. The third kappa shape index (κ3) is 1.66. The largest absolute Gasteiger partial charge is 0.252 e. The number of pyridine rings is 1. The van der Waals surface area contributed by atoms with E-state index in [9.17, 15) is 0 Å². The Labute approximate surface area is 99.1 Å². The summed E-state index contributed by atoms with van der Waals surface area (Å²) < 4.78 is 1.13. The number of halogens is 1. The average Bonchev–Trinajstić information content (AvgIpc) is 2.47. The zero-order valence-corrected chi connectivity index (χ0v) is 11.0. The molecular formula is C12H14ClNS. The molecule has 3 heteroatoms. The molecule has 1 nitrogen and oxygen atoms in total. The fourth-order valence-corrected chi connectivity index (χ4v) is 3.43. The first kappa shape index (κ1) is 10.9. The van der Waals surface area contributed by atoms with Gasteiger partial charge in [-0.15, -0.1) is 11.3 Å². The van der Waals surface area contributed by atoms with Crippen LogP contribution >= 0.6 is 22.9 Å². The summed E-state index contributed by atoms with van der Waals surface area (Å²) in [4.78, 5) is 4.64. The molecular weight excluding hydrogens is 226 g/mol. The summed E-state index contributed by atoms with van der Waals surface area (Å²) in [7, 11) is 0. The monoisotopic (exact) mass is 239 g/mol. The van der Waals surface area contributed by atoms with Gasteiger partial charge in [-0.05, 0) is 36.3 Å². The van der Waals surface area contributed by atoms with Crippen LogP contribution in [0.15, 0.2) is 5.38 Å². The van der Waals surface area contributed by atoms with Crippen molar-refractivity contribution in [1.29, 1.82) is 0 Å². The van der Waals surface area contributed by atoms with Crippen LogP contribution in [0.25, 0.3) is 10.2 Å². The SMILES string of the molecule is Cc1nc2c(C)csc2c(Cl)c1C(C)C. The predicted octanol–water partition coefficient (Wildman–Crippen LogP) is 4.69. The highest BCUT2D eigenvalue weighted by molar-refractivity contribution is 7.18. The van der Waals surface area contributed by atoms with Crippen molar-refractivity contribution in [2.75, 3.05) is 0 Å². The quantitative estimate of drug-likeness (QED) is 0.704. The van der Waals surface area contributed by atoms with Crippen molar-refractivity contribution in [2.24, 2.45) is 0 Å². The van der Waals surface area contributed by atoms with E-state index in [0.717, 1.165) is 20.9 Å². The van der Waals surface area contributed by atoms with Gasteiger partial charge in [-0.3, -0.25) is 4.98 Å². The lowest BCUT2D eigenvalue weighted by Crippen LogP contribution is -1.97. The first-order chi connectivity index (χ1) is 7.02. The lowest BCUT2D eigenvalue weighted by atomic mass is 10.0. The molecule has 2 aromatic rings. The van der Waals surface area contributed by atoms with Gasteiger partial charge in [-0.2, -0.15) is 0 Å². The summed E-state index contributed by atoms with van der Waals surface area (Å²) in [6.07, 6.45) is 0. The van der Waals surface area contributed by atoms with Crippen molar-refractivity contribution < 1.29 is 0 Å². The minimum atomic E-state index is 0.428. The molecule has 80 valence electrons. The van der Waals surface area contributed by atoms with Gasteiger partial charge in [0.15, 0.2) is 0 Å². The van der Waals surface area contributed by atoms with Crippen LogP contribution in [0.4, 0.5) is 0 Å². The van der Waals surface area contributed by atoms with Crippen LogP contribution < -0.4 is 0 Å². The van der Waals surface area contributed by atoms with Gasteiger partial charge in [0.05, 0.1) is 15.2 Å². The molecule has 2 rings (SSSR count). The highest BCUT2D eigenvalue weighted by Crippen LogP contribution is 2.37. The van der Waals surface area contributed by atoms with E-state index in [2.05, 4.69) is 31.1 Å². The zero-order chi connectivity index (χ0) is 11.2. The molecule has 0 spiro atoms. The number of rotatable bonds is 1. The zero-order valence-electron chi connectivity index (χ0n) is 9.39. The normalized spacial score (nSPS) is 11.6. The van der Waals surface area contributed by atoms with Crippen LogP contribution in [0, 0.1) is 13.8 Å². The maximum absolute atomic E-state index is 6.43. The molecule has 2 heterocycles. The van der Waals surface area contributed by atoms with E-state index in [1.54, 1.807) is 11.3 Å². The van der Waals surface area contributed by atoms with Crippen LogP contribution in [0.2, 0.25) is 5.02 Å². The van der Waals surface area contributed by atoms with Crippen molar-refractivity contribution in [2.45, 2.75) is 33.6 Å². The number of hydrogen-bond donors (Lipinski definition) is 0. The molecule has 0 N–H and O–H groups in total. The second-order valence-electron chi connectivity index (χ2n) is 4.18. The Morgan fingerprint density at radius 3 is 2.60 bits per heavy atom. The van der Waals surface area contributed by atoms with Gasteiger partial charge >= 0.3 is 0 Å². The van der Waals surface area contributed by atoms with Gasteiger partial charge in [0.2, 0.25) is 0 Å². The van der Waals surface area contributed by atoms with Crippen molar-refractivity contribution in [3.05, 3.63) is 27.2 Å². The smallest absolute Gasteiger partial charge is 0.0857 e. The summed E-state index contributed by atoms with van der Waals surface area (Å²) in [6.45, 7) is 8.43. The van der Waals surface area contributed by atoms with Gasteiger partial charge in [0, 0.05) is 5.69 Å². The van der Waals surface area contributed by atoms with E-state index in [-0.39, 0.29) is 0 Å². The van der Waals surface area contributed by atoms with Crippen LogP contribution in [-0.2, 0) is 0 Å². The number of thiophene rings is 1. The first-order valence-electron chi connectivity index (χ1n) is 5.06. The molecule has 0 atom stereocenters. The van der Waals surface area contributed by atoms with E-state index in [1.165, 1.54) is 11.1 Å². The second kappa shape index (κ2) is 3.76. The number of aryl methyl sites for hydroxylation is 2. The van der Waals surface area contributed by atoms with E-state index >= 15 is 0 Å².